The molecule has 0 unspecified atom stereocenters. The zero-order chi connectivity index (χ0) is 15.6. The highest BCUT2D eigenvalue weighted by Gasteiger charge is 2.29. The minimum absolute atomic E-state index is 0.0125. The number of sulfone groups is 1. The Morgan fingerprint density at radius 3 is 2.57 bits per heavy atom. The third-order valence-corrected chi connectivity index (χ3v) is 5.83. The van der Waals surface area contributed by atoms with E-state index in [0.29, 0.717) is 5.00 Å². The summed E-state index contributed by atoms with van der Waals surface area (Å²) in [5.74, 6) is -0.579. The molecule has 0 radical (unpaired) electrons. The summed E-state index contributed by atoms with van der Waals surface area (Å²) in [6.07, 6.45) is 5.33. The van der Waals surface area contributed by atoms with Gasteiger partial charge in [0.2, 0.25) is 0 Å². The van der Waals surface area contributed by atoms with Gasteiger partial charge in [0.15, 0.2) is 9.84 Å². The molecule has 3 N–H and O–H groups in total. The number of hydrogen-bond acceptors (Lipinski definition) is 7. The largest absolute Gasteiger partial charge is 0.462 e. The predicted molar refractivity (Wildman–Crippen MR) is 83.7 cm³/mol. The van der Waals surface area contributed by atoms with Crippen molar-refractivity contribution in [2.24, 2.45) is 0 Å². The number of nitrogen functional groups attached to an aromatic ring is 1. The second kappa shape index (κ2) is 6.23. The van der Waals surface area contributed by atoms with Gasteiger partial charge in [0.05, 0.1) is 12.3 Å². The summed E-state index contributed by atoms with van der Waals surface area (Å²) >= 11 is 1.06. The van der Waals surface area contributed by atoms with Gasteiger partial charge in [-0.1, -0.05) is 12.8 Å². The van der Waals surface area contributed by atoms with Crippen LogP contribution in [0.2, 0.25) is 0 Å². The van der Waals surface area contributed by atoms with E-state index < -0.39 is 15.8 Å². The first-order chi connectivity index (χ1) is 9.84. The number of ether oxygens (including phenoxy) is 1. The molecule has 8 heteroatoms. The highest BCUT2D eigenvalue weighted by molar-refractivity contribution is 7.91. The van der Waals surface area contributed by atoms with E-state index in [1.165, 1.54) is 0 Å². The number of carbonyl (C=O) groups excluding carboxylic acids is 1. The van der Waals surface area contributed by atoms with Gasteiger partial charge in [-0.05, 0) is 19.8 Å². The Morgan fingerprint density at radius 2 is 2.05 bits per heavy atom. The van der Waals surface area contributed by atoms with Crippen LogP contribution < -0.4 is 11.1 Å². The molecule has 0 saturated heterocycles. The average molecular weight is 332 g/mol. The van der Waals surface area contributed by atoms with Crippen LogP contribution in [0, 0.1) is 0 Å². The molecule has 0 amide bonds. The zero-order valence-electron chi connectivity index (χ0n) is 12.1. The normalized spacial score (nSPS) is 16.1. The number of nitrogens with one attached hydrogen (secondary N) is 1. The van der Waals surface area contributed by atoms with Crippen molar-refractivity contribution in [3.05, 3.63) is 4.88 Å². The summed E-state index contributed by atoms with van der Waals surface area (Å²) in [6, 6.07) is 0.235. The fourth-order valence-corrected chi connectivity index (χ4v) is 5.02. The fraction of sp³-hybridized carbons (Fsp3) is 0.615. The number of hydrogen-bond donors (Lipinski definition) is 2. The SMILES string of the molecule is CCOC(=O)c1sc(NC2CCCC2)c(S(C)(=O)=O)c1N. The van der Waals surface area contributed by atoms with Crippen LogP contribution in [0.1, 0.15) is 42.3 Å². The van der Waals surface area contributed by atoms with Gasteiger partial charge in [0.25, 0.3) is 0 Å². The van der Waals surface area contributed by atoms with Crippen molar-refractivity contribution >= 4 is 37.8 Å². The molecule has 1 aromatic rings. The zero-order valence-corrected chi connectivity index (χ0v) is 13.8. The number of thiophene rings is 1. The Balaban J connectivity index is 2.41. The van der Waals surface area contributed by atoms with Crippen molar-refractivity contribution in [1.29, 1.82) is 0 Å². The van der Waals surface area contributed by atoms with Crippen LogP contribution >= 0.6 is 11.3 Å². The molecule has 1 fully saturated rings. The van der Waals surface area contributed by atoms with Crippen LogP contribution in [0.4, 0.5) is 10.7 Å². The first kappa shape index (κ1) is 16.1. The highest BCUT2D eigenvalue weighted by Crippen LogP contribution is 2.41. The van der Waals surface area contributed by atoms with Crippen LogP contribution in [-0.2, 0) is 14.6 Å². The predicted octanol–water partition coefficient (Wildman–Crippen LogP) is 2.27. The molecule has 118 valence electrons. The van der Waals surface area contributed by atoms with E-state index in [0.717, 1.165) is 43.3 Å². The summed E-state index contributed by atoms with van der Waals surface area (Å²) in [5.41, 5.74) is 5.87. The van der Waals surface area contributed by atoms with E-state index in [2.05, 4.69) is 5.32 Å². The molecule has 21 heavy (non-hydrogen) atoms. The second-order valence-corrected chi connectivity index (χ2v) is 8.09. The van der Waals surface area contributed by atoms with Gasteiger partial charge < -0.3 is 15.8 Å². The van der Waals surface area contributed by atoms with Crippen LogP contribution in [0.3, 0.4) is 0 Å². The summed E-state index contributed by atoms with van der Waals surface area (Å²) in [4.78, 5) is 12.0. The van der Waals surface area contributed by atoms with E-state index in [1.54, 1.807) is 6.92 Å². The van der Waals surface area contributed by atoms with E-state index in [-0.39, 0.29) is 28.1 Å². The minimum atomic E-state index is -3.52. The Kier molecular flexibility index (Phi) is 4.77. The molecule has 6 nitrogen and oxygen atoms in total. The lowest BCUT2D eigenvalue weighted by molar-refractivity contribution is 0.0533. The summed E-state index contributed by atoms with van der Waals surface area (Å²) in [7, 11) is -3.52. The molecule has 0 bridgehead atoms. The maximum absolute atomic E-state index is 12.0. The molecule has 2 rings (SSSR count). The van der Waals surface area contributed by atoms with Crippen molar-refractivity contribution in [2.45, 2.75) is 43.5 Å². The van der Waals surface area contributed by atoms with Crippen LogP contribution in [-0.4, -0.2) is 33.3 Å². The van der Waals surface area contributed by atoms with Crippen molar-refractivity contribution in [3.8, 4) is 0 Å². The van der Waals surface area contributed by atoms with Gasteiger partial charge in [0, 0.05) is 12.3 Å². The lowest BCUT2D eigenvalue weighted by atomic mass is 10.2. The monoisotopic (exact) mass is 332 g/mol. The maximum Gasteiger partial charge on any atom is 0.350 e. The van der Waals surface area contributed by atoms with Gasteiger partial charge in [-0.3, -0.25) is 0 Å². The number of nitrogens with two attached hydrogens (primary N) is 1. The van der Waals surface area contributed by atoms with E-state index >= 15 is 0 Å². The van der Waals surface area contributed by atoms with E-state index in [4.69, 9.17) is 10.5 Å². The van der Waals surface area contributed by atoms with Gasteiger partial charge in [-0.15, -0.1) is 11.3 Å². The van der Waals surface area contributed by atoms with Crippen molar-refractivity contribution in [2.75, 3.05) is 23.9 Å². The summed E-state index contributed by atoms with van der Waals surface area (Å²) in [5, 5.41) is 3.67. The van der Waals surface area contributed by atoms with Crippen LogP contribution in [0.15, 0.2) is 4.90 Å². The topological polar surface area (TPSA) is 98.5 Å². The van der Waals surface area contributed by atoms with Gasteiger partial charge in [-0.2, -0.15) is 0 Å². The minimum Gasteiger partial charge on any atom is -0.462 e. The number of anilines is 2. The second-order valence-electron chi connectivity index (χ2n) is 5.12. The van der Waals surface area contributed by atoms with E-state index in [9.17, 15) is 13.2 Å². The molecule has 0 aliphatic heterocycles. The number of carbonyl (C=O) groups is 1. The van der Waals surface area contributed by atoms with Crippen molar-refractivity contribution in [1.82, 2.24) is 0 Å². The van der Waals surface area contributed by atoms with E-state index in [1.807, 2.05) is 0 Å². The van der Waals surface area contributed by atoms with Crippen LogP contribution in [0.25, 0.3) is 0 Å². The summed E-state index contributed by atoms with van der Waals surface area (Å²) < 4.78 is 28.9. The average Bonchev–Trinajstić information content (AvgIpc) is 2.97. The van der Waals surface area contributed by atoms with Gasteiger partial charge >= 0.3 is 5.97 Å². The molecule has 0 spiro atoms. The Labute approximate surface area is 128 Å². The maximum atomic E-state index is 12.0. The molecule has 0 atom stereocenters. The lowest BCUT2D eigenvalue weighted by Crippen LogP contribution is -2.15. The Hall–Kier alpha value is -1.28. The number of rotatable bonds is 5. The molecule has 1 aliphatic carbocycles. The molecule has 1 heterocycles. The number of esters is 1. The standard InChI is InChI=1S/C13H20N2O4S2/c1-3-19-13(16)10-9(14)11(21(2,17)18)12(20-10)15-8-6-4-5-7-8/h8,15H,3-7,14H2,1-2H3. The molecule has 1 aliphatic rings. The van der Waals surface area contributed by atoms with Crippen molar-refractivity contribution in [3.63, 3.8) is 0 Å². The molecular formula is C13H20N2O4S2. The highest BCUT2D eigenvalue weighted by atomic mass is 32.2. The third kappa shape index (κ3) is 3.49. The molecular weight excluding hydrogens is 312 g/mol. The lowest BCUT2D eigenvalue weighted by Gasteiger charge is -2.12. The van der Waals surface area contributed by atoms with Gasteiger partial charge in [0.1, 0.15) is 14.8 Å². The molecule has 1 saturated carbocycles. The molecule has 1 aromatic heterocycles. The Morgan fingerprint density at radius 1 is 1.43 bits per heavy atom. The smallest absolute Gasteiger partial charge is 0.350 e. The fourth-order valence-electron chi connectivity index (χ4n) is 2.50. The Bertz CT molecular complexity index is 631. The summed E-state index contributed by atoms with van der Waals surface area (Å²) in [6.45, 7) is 1.91. The van der Waals surface area contributed by atoms with Crippen LogP contribution in [0.5, 0.6) is 0 Å². The third-order valence-electron chi connectivity index (χ3n) is 3.42. The molecule has 0 aromatic carbocycles. The first-order valence-electron chi connectivity index (χ1n) is 6.90. The quantitative estimate of drug-likeness (QED) is 0.803. The first-order valence-corrected chi connectivity index (χ1v) is 9.61. The van der Waals surface area contributed by atoms with Gasteiger partial charge in [-0.25, -0.2) is 13.2 Å². The van der Waals surface area contributed by atoms with Crippen molar-refractivity contribution < 1.29 is 17.9 Å².